The van der Waals surface area contributed by atoms with Crippen LogP contribution >= 0.6 is 22.7 Å². The maximum absolute atomic E-state index is 13.3. The molecular formula is C19H13N5O2S3. The van der Waals surface area contributed by atoms with E-state index < -0.39 is 9.84 Å². The molecule has 7 nitrogen and oxygen atoms in total. The molecule has 0 aliphatic rings. The van der Waals surface area contributed by atoms with Gasteiger partial charge in [-0.05, 0) is 35.0 Å². The Hall–Kier alpha value is -3.08. The molecule has 1 aromatic carbocycles. The van der Waals surface area contributed by atoms with E-state index in [0.29, 0.717) is 16.7 Å². The Labute approximate surface area is 173 Å². The smallest absolute Gasteiger partial charge is 0.221 e. The molecule has 4 heterocycles. The molecule has 0 saturated heterocycles. The molecule has 0 saturated carbocycles. The lowest BCUT2D eigenvalue weighted by Crippen LogP contribution is -2.05. The number of nitrogens with zero attached hydrogens (tertiary/aromatic N) is 4. The quantitative estimate of drug-likeness (QED) is 0.426. The maximum atomic E-state index is 13.3. The number of rotatable bonds is 4. The minimum Gasteiger partial charge on any atom is -0.382 e. The van der Waals surface area contributed by atoms with Crippen molar-refractivity contribution in [2.24, 2.45) is 5.10 Å². The molecule has 0 unspecified atom stereocenters. The largest absolute Gasteiger partial charge is 0.382 e. The highest BCUT2D eigenvalue weighted by Gasteiger charge is 2.31. The molecule has 0 spiro atoms. The summed E-state index contributed by atoms with van der Waals surface area (Å²) in [7, 11) is -3.87. The number of sulfone groups is 1. The number of aromatic nitrogens is 3. The van der Waals surface area contributed by atoms with Crippen molar-refractivity contribution in [3.63, 3.8) is 0 Å². The highest BCUT2D eigenvalue weighted by atomic mass is 32.2. The van der Waals surface area contributed by atoms with Crippen molar-refractivity contribution in [1.29, 1.82) is 0 Å². The predicted molar refractivity (Wildman–Crippen MR) is 117 cm³/mol. The maximum Gasteiger partial charge on any atom is 0.221 e. The third-order valence-electron chi connectivity index (χ3n) is 4.30. The van der Waals surface area contributed by atoms with Crippen LogP contribution in [0.5, 0.6) is 0 Å². The van der Waals surface area contributed by atoms with Crippen LogP contribution in [0.3, 0.4) is 0 Å². The minimum absolute atomic E-state index is 0.0171. The fourth-order valence-corrected chi connectivity index (χ4v) is 6.16. The van der Waals surface area contributed by atoms with Crippen molar-refractivity contribution in [2.45, 2.75) is 9.10 Å². The van der Waals surface area contributed by atoms with E-state index in [-0.39, 0.29) is 20.4 Å². The van der Waals surface area contributed by atoms with E-state index in [9.17, 15) is 8.42 Å². The van der Waals surface area contributed by atoms with Gasteiger partial charge in [-0.3, -0.25) is 0 Å². The molecule has 5 aromatic rings. The van der Waals surface area contributed by atoms with Crippen molar-refractivity contribution in [3.8, 4) is 0 Å². The number of thiophene rings is 2. The molecule has 0 amide bonds. The molecule has 4 aromatic heterocycles. The summed E-state index contributed by atoms with van der Waals surface area (Å²) in [5.41, 5.74) is 8.03. The number of nitrogens with two attached hydrogens (primary N) is 1. The summed E-state index contributed by atoms with van der Waals surface area (Å²) in [5.74, 6) is -0.0171. The van der Waals surface area contributed by atoms with E-state index in [1.54, 1.807) is 29.8 Å². The second-order valence-electron chi connectivity index (χ2n) is 6.11. The van der Waals surface area contributed by atoms with Gasteiger partial charge in [0.1, 0.15) is 20.4 Å². The van der Waals surface area contributed by atoms with Crippen molar-refractivity contribution >= 4 is 66.7 Å². The highest BCUT2D eigenvalue weighted by Crippen LogP contribution is 2.36. The highest BCUT2D eigenvalue weighted by molar-refractivity contribution is 7.93. The number of benzene rings is 1. The molecule has 0 aliphatic carbocycles. The first-order chi connectivity index (χ1) is 14.1. The summed E-state index contributed by atoms with van der Waals surface area (Å²) in [4.78, 5) is 10.0. The Kier molecular flexibility index (Phi) is 4.19. The van der Waals surface area contributed by atoms with Gasteiger partial charge in [-0.15, -0.1) is 22.7 Å². The molecule has 0 atom stereocenters. The summed E-state index contributed by atoms with van der Waals surface area (Å²) in [6.07, 6.45) is 1.62. The number of hydrogen-bond donors (Lipinski definition) is 1. The topological polar surface area (TPSA) is 103 Å². The predicted octanol–water partition coefficient (Wildman–Crippen LogP) is 4.00. The van der Waals surface area contributed by atoms with Gasteiger partial charge < -0.3 is 5.73 Å². The van der Waals surface area contributed by atoms with E-state index in [0.717, 1.165) is 16.2 Å². The second-order valence-corrected chi connectivity index (χ2v) is 10.1. The Balaban J connectivity index is 1.85. The van der Waals surface area contributed by atoms with Gasteiger partial charge in [0, 0.05) is 4.88 Å². The molecule has 144 valence electrons. The zero-order valence-corrected chi connectivity index (χ0v) is 17.2. The normalized spacial score (nSPS) is 12.4. The average Bonchev–Trinajstić information content (AvgIpc) is 3.46. The van der Waals surface area contributed by atoms with Gasteiger partial charge in [0.15, 0.2) is 5.65 Å². The van der Waals surface area contributed by atoms with Crippen molar-refractivity contribution in [2.75, 3.05) is 5.73 Å². The monoisotopic (exact) mass is 439 g/mol. The number of fused-ring (bicyclic) bond motifs is 2. The Morgan fingerprint density at radius 1 is 0.966 bits per heavy atom. The number of anilines is 1. The van der Waals surface area contributed by atoms with Crippen LogP contribution in [0.25, 0.3) is 22.2 Å². The molecule has 2 N–H and O–H groups in total. The number of hydrogen-bond acceptors (Lipinski definition) is 8. The summed E-state index contributed by atoms with van der Waals surface area (Å²) >= 11 is 2.64. The minimum atomic E-state index is -3.87. The van der Waals surface area contributed by atoms with Crippen molar-refractivity contribution in [1.82, 2.24) is 14.6 Å². The Bertz CT molecular complexity index is 1470. The molecular weight excluding hydrogens is 426 g/mol. The van der Waals surface area contributed by atoms with Crippen LogP contribution in [0, 0.1) is 0 Å². The second kappa shape index (κ2) is 6.76. The Morgan fingerprint density at radius 3 is 2.38 bits per heavy atom. The lowest BCUT2D eigenvalue weighted by Gasteiger charge is -2.02. The first-order valence-electron chi connectivity index (χ1n) is 8.49. The van der Waals surface area contributed by atoms with E-state index in [4.69, 9.17) is 5.73 Å². The molecule has 29 heavy (non-hydrogen) atoms. The fraction of sp³-hybridized carbons (Fsp3) is 0. The Morgan fingerprint density at radius 2 is 1.69 bits per heavy atom. The van der Waals surface area contributed by atoms with Gasteiger partial charge in [0.2, 0.25) is 9.84 Å². The summed E-state index contributed by atoms with van der Waals surface area (Å²) < 4.78 is 28.2. The zero-order chi connectivity index (χ0) is 20.0. The van der Waals surface area contributed by atoms with Crippen LogP contribution in [0.15, 0.2) is 73.5 Å². The fourth-order valence-electron chi connectivity index (χ4n) is 3.00. The van der Waals surface area contributed by atoms with Gasteiger partial charge in [-0.1, -0.05) is 24.3 Å². The standard InChI is InChI=1S/C19H13N5O2S3/c20-18-17(29(25,26)15-8-4-10-28-15)16-19(23-14-7-2-1-6-13(14)22-16)24(18)21-11-12-5-3-9-27-12/h1-11H,20H2/b21-11+. The molecule has 10 heteroatoms. The van der Waals surface area contributed by atoms with Crippen LogP contribution in [-0.2, 0) is 9.84 Å². The van der Waals surface area contributed by atoms with E-state index in [2.05, 4.69) is 15.1 Å². The van der Waals surface area contributed by atoms with Crippen LogP contribution in [0.4, 0.5) is 5.82 Å². The van der Waals surface area contributed by atoms with Gasteiger partial charge in [0.25, 0.3) is 0 Å². The third kappa shape index (κ3) is 2.92. The van der Waals surface area contributed by atoms with E-state index in [1.165, 1.54) is 16.0 Å². The lowest BCUT2D eigenvalue weighted by atomic mass is 10.3. The SMILES string of the molecule is Nc1c(S(=O)(=O)c2cccs2)c2nc3ccccc3nc2n1/N=C/c1cccs1. The first kappa shape index (κ1) is 18.0. The summed E-state index contributed by atoms with van der Waals surface area (Å²) in [6, 6.07) is 14.3. The van der Waals surface area contributed by atoms with Crippen LogP contribution in [-0.4, -0.2) is 29.3 Å². The average molecular weight is 440 g/mol. The van der Waals surface area contributed by atoms with Crippen molar-refractivity contribution in [3.05, 3.63) is 64.2 Å². The molecule has 0 radical (unpaired) electrons. The van der Waals surface area contributed by atoms with Crippen molar-refractivity contribution < 1.29 is 8.42 Å². The van der Waals surface area contributed by atoms with Gasteiger partial charge in [-0.25, -0.2) is 18.4 Å². The zero-order valence-electron chi connectivity index (χ0n) is 14.8. The van der Waals surface area contributed by atoms with Gasteiger partial charge in [0.05, 0.1) is 17.2 Å². The van der Waals surface area contributed by atoms with Gasteiger partial charge >= 0.3 is 0 Å². The summed E-state index contributed by atoms with van der Waals surface area (Å²) in [6.45, 7) is 0. The van der Waals surface area contributed by atoms with E-state index >= 15 is 0 Å². The molecule has 5 rings (SSSR count). The van der Waals surface area contributed by atoms with Crippen LogP contribution < -0.4 is 5.73 Å². The molecule has 0 fully saturated rings. The first-order valence-corrected chi connectivity index (χ1v) is 11.7. The van der Waals surface area contributed by atoms with Crippen LogP contribution in [0.1, 0.15) is 4.88 Å². The summed E-state index contributed by atoms with van der Waals surface area (Å²) in [5, 5.41) is 8.05. The molecule has 0 bridgehead atoms. The van der Waals surface area contributed by atoms with Crippen LogP contribution in [0.2, 0.25) is 0 Å². The molecule has 0 aliphatic heterocycles. The lowest BCUT2D eigenvalue weighted by molar-refractivity contribution is 0.599. The van der Waals surface area contributed by atoms with Gasteiger partial charge in [-0.2, -0.15) is 9.78 Å². The van der Waals surface area contributed by atoms with E-state index in [1.807, 2.05) is 35.7 Å². The number of para-hydroxylation sites is 2. The third-order valence-corrected chi connectivity index (χ3v) is 8.32. The number of nitrogen functional groups attached to an aromatic ring is 1.